The fourth-order valence-corrected chi connectivity index (χ4v) is 3.91. The Balaban J connectivity index is 1.73. The molecule has 1 N–H and O–H groups in total. The predicted octanol–water partition coefficient (Wildman–Crippen LogP) is 3.35. The van der Waals surface area contributed by atoms with Crippen molar-refractivity contribution in [3.63, 3.8) is 0 Å². The zero-order chi connectivity index (χ0) is 17.8. The van der Waals surface area contributed by atoms with Gasteiger partial charge in [0, 0.05) is 24.0 Å². The molecule has 0 aromatic heterocycles. The molecule has 0 amide bonds. The third-order valence-corrected chi connectivity index (χ3v) is 5.40. The van der Waals surface area contributed by atoms with Gasteiger partial charge in [-0.2, -0.15) is 0 Å². The summed E-state index contributed by atoms with van der Waals surface area (Å²) in [5.74, 6) is 0.720. The minimum absolute atomic E-state index is 0.392. The standard InChI is InChI=1S/C20H27ClN2O2/c1-23(2)18(17-13-25-11-10-22-17)8-5-14-4-7-16-15(12-14)6-9-19(24-3)20(16)21/h4,6-7,9,12,17-18,22H,5,8,10-11,13H2,1-3H3. The summed E-state index contributed by atoms with van der Waals surface area (Å²) in [6.07, 6.45) is 2.12. The van der Waals surface area contributed by atoms with Crippen LogP contribution in [-0.4, -0.2) is 57.9 Å². The summed E-state index contributed by atoms with van der Waals surface area (Å²) in [6, 6.07) is 11.4. The average Bonchev–Trinajstić information content (AvgIpc) is 2.63. The van der Waals surface area contributed by atoms with E-state index in [-0.39, 0.29) is 0 Å². The number of halogens is 1. The van der Waals surface area contributed by atoms with Crippen LogP contribution in [0.1, 0.15) is 12.0 Å². The Morgan fingerprint density at radius 3 is 2.84 bits per heavy atom. The monoisotopic (exact) mass is 362 g/mol. The second-order valence-corrected chi connectivity index (χ2v) is 7.22. The normalized spacial score (nSPS) is 19.3. The molecule has 1 heterocycles. The lowest BCUT2D eigenvalue weighted by Crippen LogP contribution is -2.53. The van der Waals surface area contributed by atoms with E-state index >= 15 is 0 Å². The molecule has 1 saturated heterocycles. The zero-order valence-corrected chi connectivity index (χ0v) is 16.0. The number of methoxy groups -OCH3 is 1. The number of rotatable bonds is 6. The highest BCUT2D eigenvalue weighted by atomic mass is 35.5. The molecule has 4 nitrogen and oxygen atoms in total. The van der Waals surface area contributed by atoms with Gasteiger partial charge in [-0.15, -0.1) is 0 Å². The second-order valence-electron chi connectivity index (χ2n) is 6.84. The van der Waals surface area contributed by atoms with Gasteiger partial charge >= 0.3 is 0 Å². The van der Waals surface area contributed by atoms with Gasteiger partial charge in [-0.1, -0.05) is 35.9 Å². The summed E-state index contributed by atoms with van der Waals surface area (Å²) in [4.78, 5) is 2.30. The average molecular weight is 363 g/mol. The van der Waals surface area contributed by atoms with Crippen molar-refractivity contribution in [2.45, 2.75) is 24.9 Å². The quantitative estimate of drug-likeness (QED) is 0.854. The first-order chi connectivity index (χ1) is 12.1. The van der Waals surface area contributed by atoms with Gasteiger partial charge in [-0.05, 0) is 44.0 Å². The van der Waals surface area contributed by atoms with E-state index in [4.69, 9.17) is 21.1 Å². The van der Waals surface area contributed by atoms with Crippen molar-refractivity contribution >= 4 is 22.4 Å². The van der Waals surface area contributed by atoms with E-state index in [1.54, 1.807) is 7.11 Å². The lowest BCUT2D eigenvalue weighted by Gasteiger charge is -2.35. The Morgan fingerprint density at radius 2 is 2.16 bits per heavy atom. The number of benzene rings is 2. The SMILES string of the molecule is COc1ccc2cc(CCC(C3COCCN3)N(C)C)ccc2c1Cl. The molecule has 1 aliphatic rings. The first kappa shape index (κ1) is 18.5. The van der Waals surface area contributed by atoms with Gasteiger partial charge in [0.2, 0.25) is 0 Å². The van der Waals surface area contributed by atoms with Gasteiger partial charge < -0.3 is 19.7 Å². The van der Waals surface area contributed by atoms with Crippen LogP contribution in [0.3, 0.4) is 0 Å². The number of morpholine rings is 1. The Labute approximate surface area is 155 Å². The van der Waals surface area contributed by atoms with Crippen LogP contribution in [0.5, 0.6) is 5.75 Å². The van der Waals surface area contributed by atoms with Crippen LogP contribution in [0.4, 0.5) is 0 Å². The maximum atomic E-state index is 6.41. The van der Waals surface area contributed by atoms with Crippen molar-refractivity contribution in [1.29, 1.82) is 0 Å². The van der Waals surface area contributed by atoms with Crippen molar-refractivity contribution in [2.24, 2.45) is 0 Å². The van der Waals surface area contributed by atoms with Crippen LogP contribution >= 0.6 is 11.6 Å². The summed E-state index contributed by atoms with van der Waals surface area (Å²) >= 11 is 6.41. The molecule has 2 aromatic carbocycles. The highest BCUT2D eigenvalue weighted by molar-refractivity contribution is 6.37. The lowest BCUT2D eigenvalue weighted by molar-refractivity contribution is 0.0443. The third kappa shape index (κ3) is 4.26. The molecule has 0 radical (unpaired) electrons. The van der Waals surface area contributed by atoms with E-state index < -0.39 is 0 Å². The molecule has 0 spiro atoms. The minimum atomic E-state index is 0.392. The molecular formula is C20H27ClN2O2. The Hall–Kier alpha value is -1.33. The number of nitrogens with zero attached hydrogens (tertiary/aromatic N) is 1. The van der Waals surface area contributed by atoms with Gasteiger partial charge in [-0.25, -0.2) is 0 Å². The fraction of sp³-hybridized carbons (Fsp3) is 0.500. The van der Waals surface area contributed by atoms with Crippen LogP contribution in [0.25, 0.3) is 10.8 Å². The van der Waals surface area contributed by atoms with Crippen LogP contribution in [-0.2, 0) is 11.2 Å². The molecule has 2 aromatic rings. The molecule has 2 atom stereocenters. The smallest absolute Gasteiger partial charge is 0.138 e. The minimum Gasteiger partial charge on any atom is -0.495 e. The topological polar surface area (TPSA) is 33.7 Å². The summed E-state index contributed by atoms with van der Waals surface area (Å²) < 4.78 is 10.9. The second kappa shape index (κ2) is 8.37. The molecular weight excluding hydrogens is 336 g/mol. The van der Waals surface area contributed by atoms with Gasteiger partial charge in [-0.3, -0.25) is 0 Å². The van der Waals surface area contributed by atoms with Crippen LogP contribution < -0.4 is 10.1 Å². The molecule has 1 aliphatic heterocycles. The largest absolute Gasteiger partial charge is 0.495 e. The first-order valence-corrected chi connectivity index (χ1v) is 9.20. The molecule has 136 valence electrons. The molecule has 0 bridgehead atoms. The van der Waals surface area contributed by atoms with Crippen LogP contribution in [0, 0.1) is 0 Å². The van der Waals surface area contributed by atoms with Crippen molar-refractivity contribution in [3.8, 4) is 5.75 Å². The highest BCUT2D eigenvalue weighted by Crippen LogP contribution is 2.33. The number of hydrogen-bond donors (Lipinski definition) is 1. The highest BCUT2D eigenvalue weighted by Gasteiger charge is 2.25. The van der Waals surface area contributed by atoms with Gasteiger partial charge in [0.25, 0.3) is 0 Å². The first-order valence-electron chi connectivity index (χ1n) is 8.83. The van der Waals surface area contributed by atoms with E-state index in [9.17, 15) is 0 Å². The molecule has 5 heteroatoms. The van der Waals surface area contributed by atoms with E-state index in [0.29, 0.717) is 17.1 Å². The zero-order valence-electron chi connectivity index (χ0n) is 15.2. The Bertz CT molecular complexity index is 714. The third-order valence-electron chi connectivity index (χ3n) is 5.01. The van der Waals surface area contributed by atoms with Crippen LogP contribution in [0.2, 0.25) is 5.02 Å². The van der Waals surface area contributed by atoms with Crippen molar-refractivity contribution < 1.29 is 9.47 Å². The van der Waals surface area contributed by atoms with E-state index in [1.165, 1.54) is 5.56 Å². The number of aryl methyl sites for hydroxylation is 1. The summed E-state index contributed by atoms with van der Waals surface area (Å²) in [6.45, 7) is 2.53. The number of ether oxygens (including phenoxy) is 2. The van der Waals surface area contributed by atoms with Crippen molar-refractivity contribution in [1.82, 2.24) is 10.2 Å². The molecule has 1 fully saturated rings. The van der Waals surface area contributed by atoms with E-state index in [0.717, 1.165) is 49.1 Å². The molecule has 0 saturated carbocycles. The molecule has 25 heavy (non-hydrogen) atoms. The molecule has 3 rings (SSSR count). The summed E-state index contributed by atoms with van der Waals surface area (Å²) in [5.41, 5.74) is 1.33. The Morgan fingerprint density at radius 1 is 1.32 bits per heavy atom. The van der Waals surface area contributed by atoms with E-state index in [2.05, 4.69) is 48.6 Å². The van der Waals surface area contributed by atoms with Crippen molar-refractivity contribution in [2.75, 3.05) is 41.0 Å². The lowest BCUT2D eigenvalue weighted by atomic mass is 9.97. The number of nitrogens with one attached hydrogen (secondary N) is 1. The number of likely N-dealkylation sites (N-methyl/N-ethyl adjacent to an activating group) is 1. The Kier molecular flexibility index (Phi) is 6.18. The predicted molar refractivity (Wildman–Crippen MR) is 104 cm³/mol. The van der Waals surface area contributed by atoms with Gasteiger partial charge in [0.1, 0.15) is 5.75 Å². The summed E-state index contributed by atoms with van der Waals surface area (Å²) in [7, 11) is 5.94. The van der Waals surface area contributed by atoms with Crippen molar-refractivity contribution in [3.05, 3.63) is 40.9 Å². The maximum Gasteiger partial charge on any atom is 0.138 e. The summed E-state index contributed by atoms with van der Waals surface area (Å²) in [5, 5.41) is 6.46. The fourth-order valence-electron chi connectivity index (χ4n) is 3.60. The maximum absolute atomic E-state index is 6.41. The molecule has 2 unspecified atom stereocenters. The van der Waals surface area contributed by atoms with Crippen LogP contribution in [0.15, 0.2) is 30.3 Å². The van der Waals surface area contributed by atoms with Gasteiger partial charge in [0.15, 0.2) is 0 Å². The number of fused-ring (bicyclic) bond motifs is 1. The molecule has 0 aliphatic carbocycles. The van der Waals surface area contributed by atoms with Gasteiger partial charge in [0.05, 0.1) is 25.3 Å². The van der Waals surface area contributed by atoms with E-state index in [1.807, 2.05) is 6.07 Å². The number of hydrogen-bond acceptors (Lipinski definition) is 4.